The van der Waals surface area contributed by atoms with Gasteiger partial charge in [0, 0.05) is 32.6 Å². The number of carbonyl (C=O) groups is 1. The van der Waals surface area contributed by atoms with Gasteiger partial charge in [-0.2, -0.15) is 0 Å². The quantitative estimate of drug-likeness (QED) is 0.514. The van der Waals surface area contributed by atoms with E-state index in [0.717, 1.165) is 37.4 Å². The summed E-state index contributed by atoms with van der Waals surface area (Å²) in [7, 11) is 6.81. The summed E-state index contributed by atoms with van der Waals surface area (Å²) in [5.74, 6) is 2.15. The number of nitrogens with zero attached hydrogens (tertiary/aromatic N) is 2. The Hall–Kier alpha value is -2.44. The van der Waals surface area contributed by atoms with Gasteiger partial charge in [0.2, 0.25) is 5.91 Å². The van der Waals surface area contributed by atoms with Crippen molar-refractivity contribution in [1.29, 1.82) is 0 Å². The molecule has 1 aromatic rings. The largest absolute Gasteiger partial charge is 0.493 e. The first-order valence-corrected chi connectivity index (χ1v) is 10.4. The molecule has 2 rings (SSSR count). The third kappa shape index (κ3) is 6.02. The lowest BCUT2D eigenvalue weighted by Gasteiger charge is -2.38. The van der Waals surface area contributed by atoms with E-state index in [-0.39, 0.29) is 17.9 Å². The molecular formula is C22H36N4O3. The molecule has 0 bridgehead atoms. The van der Waals surface area contributed by atoms with Crippen molar-refractivity contribution in [2.24, 2.45) is 4.99 Å². The number of benzene rings is 1. The number of likely N-dealkylation sites (N-methyl/N-ethyl adjacent to an activating group) is 1. The average molecular weight is 405 g/mol. The Morgan fingerprint density at radius 3 is 2.38 bits per heavy atom. The van der Waals surface area contributed by atoms with Gasteiger partial charge in [-0.3, -0.25) is 4.79 Å². The lowest BCUT2D eigenvalue weighted by Crippen LogP contribution is -2.47. The second-order valence-corrected chi connectivity index (χ2v) is 7.75. The van der Waals surface area contributed by atoms with Crippen LogP contribution in [-0.4, -0.2) is 64.7 Å². The summed E-state index contributed by atoms with van der Waals surface area (Å²) in [5.41, 5.74) is 1.25. The Morgan fingerprint density at radius 2 is 1.79 bits per heavy atom. The number of methoxy groups -OCH3 is 2. The van der Waals surface area contributed by atoms with Crippen LogP contribution >= 0.6 is 0 Å². The van der Waals surface area contributed by atoms with Crippen LogP contribution in [0.2, 0.25) is 0 Å². The summed E-state index contributed by atoms with van der Waals surface area (Å²) in [5, 5.41) is 6.74. The van der Waals surface area contributed by atoms with Gasteiger partial charge in [0.1, 0.15) is 6.54 Å². The first-order valence-electron chi connectivity index (χ1n) is 10.4. The molecule has 162 valence electrons. The Kier molecular flexibility index (Phi) is 8.61. The zero-order valence-corrected chi connectivity index (χ0v) is 18.5. The molecule has 2 N–H and O–H groups in total. The van der Waals surface area contributed by atoms with E-state index in [1.54, 1.807) is 33.2 Å². The molecule has 1 fully saturated rings. The van der Waals surface area contributed by atoms with Gasteiger partial charge >= 0.3 is 0 Å². The molecule has 1 saturated carbocycles. The third-order valence-corrected chi connectivity index (χ3v) is 5.62. The van der Waals surface area contributed by atoms with E-state index in [0.29, 0.717) is 5.96 Å². The van der Waals surface area contributed by atoms with Gasteiger partial charge in [-0.15, -0.1) is 0 Å². The third-order valence-electron chi connectivity index (χ3n) is 5.62. The lowest BCUT2D eigenvalue weighted by molar-refractivity contribution is -0.127. The highest BCUT2D eigenvalue weighted by atomic mass is 16.5. The molecule has 1 aromatic carbocycles. The molecule has 0 spiro atoms. The molecule has 0 aromatic heterocycles. The standard InChI is InChI=1S/C22H36N4O3/c1-6-23-21(24-15-20(27)26(2)3)25-16-22(12-8-7-9-13-22)17-10-11-18(28-4)19(14-17)29-5/h10-11,14H,6-9,12-13,15-16H2,1-5H3,(H2,23,24,25). The predicted molar refractivity (Wildman–Crippen MR) is 117 cm³/mol. The summed E-state index contributed by atoms with van der Waals surface area (Å²) >= 11 is 0. The van der Waals surface area contributed by atoms with Crippen molar-refractivity contribution in [3.05, 3.63) is 23.8 Å². The molecule has 1 amide bonds. The Bertz CT molecular complexity index is 697. The fraction of sp³-hybridized carbons (Fsp3) is 0.636. The van der Waals surface area contributed by atoms with Crippen LogP contribution in [0.15, 0.2) is 23.2 Å². The molecule has 0 radical (unpaired) electrons. The van der Waals surface area contributed by atoms with Crippen molar-refractivity contribution < 1.29 is 14.3 Å². The molecule has 7 heteroatoms. The number of hydrogen-bond donors (Lipinski definition) is 2. The molecule has 7 nitrogen and oxygen atoms in total. The number of hydrogen-bond acceptors (Lipinski definition) is 4. The van der Waals surface area contributed by atoms with Crippen LogP contribution < -0.4 is 20.1 Å². The van der Waals surface area contributed by atoms with E-state index >= 15 is 0 Å². The molecular weight excluding hydrogens is 368 g/mol. The van der Waals surface area contributed by atoms with E-state index in [2.05, 4.69) is 27.8 Å². The van der Waals surface area contributed by atoms with Gasteiger partial charge in [0.25, 0.3) is 0 Å². The predicted octanol–water partition coefficient (Wildman–Crippen LogP) is 2.55. The average Bonchev–Trinajstić information content (AvgIpc) is 2.75. The minimum Gasteiger partial charge on any atom is -0.493 e. The van der Waals surface area contributed by atoms with Crippen LogP contribution in [0, 0.1) is 0 Å². The van der Waals surface area contributed by atoms with Gasteiger partial charge in [-0.05, 0) is 37.5 Å². The van der Waals surface area contributed by atoms with Gasteiger partial charge < -0.3 is 25.0 Å². The number of ether oxygens (including phenoxy) is 2. The van der Waals surface area contributed by atoms with Crippen LogP contribution in [0.1, 0.15) is 44.6 Å². The summed E-state index contributed by atoms with van der Waals surface area (Å²) in [4.78, 5) is 17.9. The Morgan fingerprint density at radius 1 is 1.10 bits per heavy atom. The fourth-order valence-corrected chi connectivity index (χ4v) is 3.84. The minimum atomic E-state index is -0.0190. The summed E-state index contributed by atoms with van der Waals surface area (Å²) in [6.45, 7) is 3.65. The van der Waals surface area contributed by atoms with Crippen molar-refractivity contribution in [2.75, 3.05) is 47.9 Å². The molecule has 0 atom stereocenters. The maximum atomic E-state index is 11.9. The Balaban J connectivity index is 2.23. The van der Waals surface area contributed by atoms with E-state index in [4.69, 9.17) is 9.47 Å². The van der Waals surface area contributed by atoms with E-state index in [9.17, 15) is 4.79 Å². The number of nitrogens with one attached hydrogen (secondary N) is 2. The number of aliphatic imine (C=N–C) groups is 1. The maximum Gasteiger partial charge on any atom is 0.243 e. The minimum absolute atomic E-state index is 0.000447. The van der Waals surface area contributed by atoms with Crippen molar-refractivity contribution in [3.63, 3.8) is 0 Å². The second-order valence-electron chi connectivity index (χ2n) is 7.75. The van der Waals surface area contributed by atoms with Gasteiger partial charge in [-0.1, -0.05) is 25.3 Å². The van der Waals surface area contributed by atoms with E-state index in [1.807, 2.05) is 13.0 Å². The highest BCUT2D eigenvalue weighted by Crippen LogP contribution is 2.42. The van der Waals surface area contributed by atoms with E-state index < -0.39 is 0 Å². The van der Waals surface area contributed by atoms with E-state index in [1.165, 1.54) is 24.8 Å². The highest BCUT2D eigenvalue weighted by molar-refractivity contribution is 5.84. The first-order chi connectivity index (χ1) is 14.0. The lowest BCUT2D eigenvalue weighted by atomic mass is 9.69. The molecule has 29 heavy (non-hydrogen) atoms. The van der Waals surface area contributed by atoms with Crippen molar-refractivity contribution in [2.45, 2.75) is 44.4 Å². The van der Waals surface area contributed by atoms with Crippen molar-refractivity contribution >= 4 is 11.9 Å². The normalized spacial score (nSPS) is 16.1. The molecule has 0 unspecified atom stereocenters. The molecule has 0 heterocycles. The zero-order valence-electron chi connectivity index (χ0n) is 18.5. The van der Waals surface area contributed by atoms with Crippen LogP contribution in [0.25, 0.3) is 0 Å². The van der Waals surface area contributed by atoms with Crippen LogP contribution in [-0.2, 0) is 10.2 Å². The second kappa shape index (κ2) is 10.9. The fourth-order valence-electron chi connectivity index (χ4n) is 3.84. The van der Waals surface area contributed by atoms with Gasteiger partial charge in [0.15, 0.2) is 17.5 Å². The smallest absolute Gasteiger partial charge is 0.243 e. The molecule has 0 aliphatic heterocycles. The SMILES string of the molecule is CCNC(=NCC(=O)N(C)C)NCC1(c2ccc(OC)c(OC)c2)CCCCC1. The first kappa shape index (κ1) is 22.8. The monoisotopic (exact) mass is 404 g/mol. The van der Waals surface area contributed by atoms with Crippen molar-refractivity contribution in [1.82, 2.24) is 15.5 Å². The molecule has 1 aliphatic carbocycles. The summed E-state index contributed by atoms with van der Waals surface area (Å²) in [6.07, 6.45) is 5.86. The number of guanidine groups is 1. The van der Waals surface area contributed by atoms with Crippen LogP contribution in [0.4, 0.5) is 0 Å². The highest BCUT2D eigenvalue weighted by Gasteiger charge is 2.34. The molecule has 1 aliphatic rings. The van der Waals surface area contributed by atoms with Gasteiger partial charge in [0.05, 0.1) is 14.2 Å². The maximum absolute atomic E-state index is 11.9. The molecule has 0 saturated heterocycles. The topological polar surface area (TPSA) is 75.2 Å². The zero-order chi connectivity index (χ0) is 21.3. The van der Waals surface area contributed by atoms with Crippen LogP contribution in [0.3, 0.4) is 0 Å². The van der Waals surface area contributed by atoms with Gasteiger partial charge in [-0.25, -0.2) is 4.99 Å². The summed E-state index contributed by atoms with van der Waals surface area (Å²) < 4.78 is 11.0. The Labute approximate surface area is 174 Å². The summed E-state index contributed by atoms with van der Waals surface area (Å²) in [6, 6.07) is 6.24. The number of rotatable bonds is 8. The van der Waals surface area contributed by atoms with Crippen molar-refractivity contribution in [3.8, 4) is 11.5 Å². The van der Waals surface area contributed by atoms with Crippen LogP contribution in [0.5, 0.6) is 11.5 Å². The number of carbonyl (C=O) groups excluding carboxylic acids is 1. The number of amides is 1.